The molecule has 1 saturated carbocycles. The van der Waals surface area contributed by atoms with E-state index in [1.165, 1.54) is 17.8 Å². The van der Waals surface area contributed by atoms with Crippen molar-refractivity contribution in [1.82, 2.24) is 0 Å². The van der Waals surface area contributed by atoms with E-state index >= 15 is 0 Å². The molecule has 0 heterocycles. The van der Waals surface area contributed by atoms with Gasteiger partial charge in [-0.25, -0.2) is 0 Å². The summed E-state index contributed by atoms with van der Waals surface area (Å²) in [5, 5.41) is 10.8. The first-order valence-corrected chi connectivity index (χ1v) is 7.69. The average molecular weight is 294 g/mol. The minimum Gasteiger partial charge on any atom is -0.369 e. The molecule has 0 radical (unpaired) electrons. The van der Waals surface area contributed by atoms with E-state index in [9.17, 15) is 14.9 Å². The van der Waals surface area contributed by atoms with Crippen LogP contribution in [0.25, 0.3) is 0 Å². The lowest BCUT2D eigenvalue weighted by Gasteiger charge is -2.33. The largest absolute Gasteiger partial charge is 0.369 e. The van der Waals surface area contributed by atoms with Crippen LogP contribution in [0.15, 0.2) is 29.2 Å². The second-order valence-electron chi connectivity index (χ2n) is 5.25. The maximum Gasteiger partial charge on any atom is 0.270 e. The number of benzene rings is 1. The zero-order valence-electron chi connectivity index (χ0n) is 11.2. The van der Waals surface area contributed by atoms with Crippen LogP contribution in [-0.4, -0.2) is 16.6 Å². The number of rotatable bonds is 5. The van der Waals surface area contributed by atoms with Crippen LogP contribution < -0.4 is 5.73 Å². The van der Waals surface area contributed by atoms with Crippen molar-refractivity contribution in [3.05, 3.63) is 34.4 Å². The molecule has 2 rings (SSSR count). The number of hydrogen-bond acceptors (Lipinski definition) is 4. The van der Waals surface area contributed by atoms with E-state index in [-0.39, 0.29) is 11.6 Å². The van der Waals surface area contributed by atoms with Crippen LogP contribution in [0, 0.1) is 15.5 Å². The molecule has 0 aliphatic heterocycles. The van der Waals surface area contributed by atoms with Gasteiger partial charge in [-0.15, -0.1) is 11.8 Å². The quantitative estimate of drug-likeness (QED) is 0.513. The van der Waals surface area contributed by atoms with Gasteiger partial charge in [-0.3, -0.25) is 14.9 Å². The highest BCUT2D eigenvalue weighted by Crippen LogP contribution is 2.40. The van der Waals surface area contributed by atoms with E-state index < -0.39 is 10.3 Å². The Bertz CT molecular complexity index is 513. The molecular weight excluding hydrogens is 276 g/mol. The van der Waals surface area contributed by atoms with Crippen LogP contribution in [0.1, 0.15) is 32.1 Å². The van der Waals surface area contributed by atoms with Gasteiger partial charge in [0.1, 0.15) is 0 Å². The number of primary amides is 1. The topological polar surface area (TPSA) is 86.2 Å². The zero-order valence-corrected chi connectivity index (χ0v) is 12.0. The maximum absolute atomic E-state index is 11.8. The summed E-state index contributed by atoms with van der Waals surface area (Å²) in [7, 11) is 0. The Morgan fingerprint density at radius 3 is 2.65 bits per heavy atom. The van der Waals surface area contributed by atoms with Crippen molar-refractivity contribution in [1.29, 1.82) is 0 Å². The van der Waals surface area contributed by atoms with Crippen molar-refractivity contribution in [2.45, 2.75) is 37.0 Å². The lowest BCUT2D eigenvalue weighted by molar-refractivity contribution is -0.385. The Morgan fingerprint density at radius 1 is 1.35 bits per heavy atom. The molecule has 108 valence electrons. The van der Waals surface area contributed by atoms with Crippen LogP contribution in [0.4, 0.5) is 5.69 Å². The summed E-state index contributed by atoms with van der Waals surface area (Å²) in [6.07, 6.45) is 4.85. The number of carbonyl (C=O) groups excluding carboxylic acids is 1. The van der Waals surface area contributed by atoms with E-state index in [2.05, 4.69) is 0 Å². The molecule has 5 nitrogen and oxygen atoms in total. The van der Waals surface area contributed by atoms with E-state index in [0.29, 0.717) is 5.75 Å². The molecule has 0 saturated heterocycles. The Labute approximate surface area is 122 Å². The summed E-state index contributed by atoms with van der Waals surface area (Å²) in [5.41, 5.74) is 5.21. The van der Waals surface area contributed by atoms with Crippen LogP contribution in [-0.2, 0) is 4.79 Å². The van der Waals surface area contributed by atoms with Crippen LogP contribution in [0.5, 0.6) is 0 Å². The molecule has 1 amide bonds. The Kier molecular flexibility index (Phi) is 4.65. The molecule has 2 N–H and O–H groups in total. The first kappa shape index (κ1) is 14.8. The number of nitrogens with zero attached hydrogens (tertiary/aromatic N) is 1. The molecule has 0 spiro atoms. The molecule has 1 aliphatic rings. The summed E-state index contributed by atoms with van der Waals surface area (Å²) in [6.45, 7) is 0. The van der Waals surface area contributed by atoms with Gasteiger partial charge in [0.05, 0.1) is 10.3 Å². The molecule has 0 aromatic heterocycles. The first-order valence-electron chi connectivity index (χ1n) is 6.71. The maximum atomic E-state index is 11.8. The number of nitrogens with two attached hydrogens (primary N) is 1. The van der Waals surface area contributed by atoms with Gasteiger partial charge in [-0.2, -0.15) is 0 Å². The van der Waals surface area contributed by atoms with Gasteiger partial charge in [0.2, 0.25) is 5.91 Å². The molecule has 1 fully saturated rings. The highest BCUT2D eigenvalue weighted by Gasteiger charge is 2.37. The molecule has 1 aromatic carbocycles. The highest BCUT2D eigenvalue weighted by atomic mass is 32.2. The Balaban J connectivity index is 2.08. The summed E-state index contributed by atoms with van der Waals surface area (Å²) in [4.78, 5) is 22.9. The Morgan fingerprint density at radius 2 is 2.05 bits per heavy atom. The van der Waals surface area contributed by atoms with Gasteiger partial charge in [0.25, 0.3) is 5.69 Å². The lowest BCUT2D eigenvalue weighted by Crippen LogP contribution is -2.40. The third-order valence-corrected chi connectivity index (χ3v) is 5.16. The number of non-ortho nitro benzene ring substituents is 1. The molecule has 6 heteroatoms. The average Bonchev–Trinajstić information content (AvgIpc) is 2.46. The Hall–Kier alpha value is -1.56. The van der Waals surface area contributed by atoms with Crippen molar-refractivity contribution < 1.29 is 9.72 Å². The van der Waals surface area contributed by atoms with Gasteiger partial charge < -0.3 is 5.73 Å². The van der Waals surface area contributed by atoms with Crippen molar-refractivity contribution in [3.63, 3.8) is 0 Å². The van der Waals surface area contributed by atoms with E-state index in [4.69, 9.17) is 5.73 Å². The van der Waals surface area contributed by atoms with Crippen molar-refractivity contribution >= 4 is 23.4 Å². The summed E-state index contributed by atoms with van der Waals surface area (Å²) < 4.78 is 0. The molecule has 1 aliphatic carbocycles. The van der Waals surface area contributed by atoms with Crippen LogP contribution in [0.2, 0.25) is 0 Å². The monoisotopic (exact) mass is 294 g/mol. The predicted octanol–water partition coefficient (Wildman–Crippen LogP) is 3.12. The van der Waals surface area contributed by atoms with Gasteiger partial charge in [-0.1, -0.05) is 25.3 Å². The predicted molar refractivity (Wildman–Crippen MR) is 78.5 cm³/mol. The molecule has 1 aromatic rings. The minimum atomic E-state index is -0.451. The normalized spacial score (nSPS) is 17.6. The van der Waals surface area contributed by atoms with Gasteiger partial charge >= 0.3 is 0 Å². The van der Waals surface area contributed by atoms with E-state index in [0.717, 1.165) is 37.0 Å². The fourth-order valence-corrected chi connectivity index (χ4v) is 3.85. The number of nitro groups is 1. The SMILES string of the molecule is NC(=O)C1(CSc2cccc([N+](=O)[O-])c2)CCCCC1. The summed E-state index contributed by atoms with van der Waals surface area (Å²) in [6, 6.07) is 6.50. The molecular formula is C14H18N2O3S. The van der Waals surface area contributed by atoms with Gasteiger partial charge in [0, 0.05) is 22.8 Å². The number of carbonyl (C=O) groups is 1. The van der Waals surface area contributed by atoms with Crippen LogP contribution >= 0.6 is 11.8 Å². The number of thioether (sulfide) groups is 1. The fourth-order valence-electron chi connectivity index (χ4n) is 2.60. The summed E-state index contributed by atoms with van der Waals surface area (Å²) in [5.74, 6) is 0.360. The molecule has 20 heavy (non-hydrogen) atoms. The third-order valence-electron chi connectivity index (χ3n) is 3.88. The highest BCUT2D eigenvalue weighted by molar-refractivity contribution is 7.99. The number of hydrogen-bond donors (Lipinski definition) is 1. The van der Waals surface area contributed by atoms with Gasteiger partial charge in [-0.05, 0) is 18.9 Å². The minimum absolute atomic E-state index is 0.0757. The third kappa shape index (κ3) is 3.30. The van der Waals surface area contributed by atoms with Crippen molar-refractivity contribution in [2.24, 2.45) is 11.1 Å². The molecule has 0 unspecified atom stereocenters. The molecule has 0 bridgehead atoms. The van der Waals surface area contributed by atoms with Crippen molar-refractivity contribution in [3.8, 4) is 0 Å². The van der Waals surface area contributed by atoms with Crippen LogP contribution in [0.3, 0.4) is 0 Å². The van der Waals surface area contributed by atoms with Crippen molar-refractivity contribution in [2.75, 3.05) is 5.75 Å². The van der Waals surface area contributed by atoms with E-state index in [1.807, 2.05) is 6.07 Å². The number of amides is 1. The lowest BCUT2D eigenvalue weighted by atomic mass is 9.75. The fraction of sp³-hybridized carbons (Fsp3) is 0.500. The molecule has 0 atom stereocenters. The summed E-state index contributed by atoms with van der Waals surface area (Å²) >= 11 is 1.48. The zero-order chi connectivity index (χ0) is 14.6. The number of nitro benzene ring substituents is 1. The smallest absolute Gasteiger partial charge is 0.270 e. The first-order chi connectivity index (χ1) is 9.53. The second kappa shape index (κ2) is 6.26. The standard InChI is InChI=1S/C14H18N2O3S/c15-13(17)14(7-2-1-3-8-14)10-20-12-6-4-5-11(9-12)16(18)19/h4-6,9H,1-3,7-8,10H2,(H2,15,17). The second-order valence-corrected chi connectivity index (χ2v) is 6.30. The van der Waals surface area contributed by atoms with E-state index in [1.54, 1.807) is 12.1 Å². The van der Waals surface area contributed by atoms with Gasteiger partial charge in [0.15, 0.2) is 0 Å².